The van der Waals surface area contributed by atoms with Gasteiger partial charge in [-0.3, -0.25) is 9.59 Å². The van der Waals surface area contributed by atoms with Crippen LogP contribution in [0, 0.1) is 0 Å². The van der Waals surface area contributed by atoms with Crippen LogP contribution in [0.5, 0.6) is 0 Å². The Labute approximate surface area is 161 Å². The summed E-state index contributed by atoms with van der Waals surface area (Å²) in [4.78, 5) is 38.5. The number of rotatable bonds is 6. The molecule has 2 N–H and O–H groups in total. The second-order valence-corrected chi connectivity index (χ2v) is 6.56. The molecule has 0 aliphatic carbocycles. The minimum Gasteiger partial charge on any atom is -0.469 e. The van der Waals surface area contributed by atoms with Gasteiger partial charge >= 0.3 is 6.03 Å². The lowest BCUT2D eigenvalue weighted by molar-refractivity contribution is -0.125. The number of amides is 4. The molecule has 0 spiro atoms. The van der Waals surface area contributed by atoms with E-state index < -0.39 is 18.0 Å². The fourth-order valence-corrected chi connectivity index (χ4v) is 3.34. The first kappa shape index (κ1) is 17.8. The van der Waals surface area contributed by atoms with Crippen LogP contribution in [0.15, 0.2) is 65.3 Å². The SMILES string of the molecule is O=C(CC1NC(=O)N(c2cccc3ccccc23)C1=O)NCCc1ccco1. The lowest BCUT2D eigenvalue weighted by Gasteiger charge is -2.15. The standard InChI is InChI=1S/C21H19N3O4/c25-19(22-11-10-15-7-4-12-28-15)13-17-20(26)24(21(27)23-17)18-9-3-6-14-5-1-2-8-16(14)18/h1-9,12,17H,10-11,13H2,(H,22,25)(H,23,27). The van der Waals surface area contributed by atoms with Gasteiger partial charge in [0.05, 0.1) is 18.4 Å². The Kier molecular flexibility index (Phi) is 4.80. The van der Waals surface area contributed by atoms with Gasteiger partial charge in [-0.1, -0.05) is 36.4 Å². The quantitative estimate of drug-likeness (QED) is 0.646. The molecule has 4 rings (SSSR count). The van der Waals surface area contributed by atoms with Crippen molar-refractivity contribution in [2.75, 3.05) is 11.4 Å². The van der Waals surface area contributed by atoms with E-state index in [0.717, 1.165) is 21.4 Å². The highest BCUT2D eigenvalue weighted by Gasteiger charge is 2.40. The number of fused-ring (bicyclic) bond motifs is 1. The van der Waals surface area contributed by atoms with Gasteiger partial charge in [-0.15, -0.1) is 0 Å². The lowest BCUT2D eigenvalue weighted by atomic mass is 10.1. The molecule has 4 amide bonds. The van der Waals surface area contributed by atoms with Gasteiger partial charge in [0.2, 0.25) is 5.91 Å². The molecule has 1 fully saturated rings. The third-order valence-corrected chi connectivity index (χ3v) is 4.69. The fraction of sp³-hybridized carbons (Fsp3) is 0.190. The Morgan fingerprint density at radius 2 is 1.89 bits per heavy atom. The molecule has 1 aliphatic heterocycles. The predicted octanol–water partition coefficient (Wildman–Crippen LogP) is 2.61. The average Bonchev–Trinajstić information content (AvgIpc) is 3.30. The minimum atomic E-state index is -0.880. The number of nitrogens with zero attached hydrogens (tertiary/aromatic N) is 1. The molecule has 1 aromatic heterocycles. The third kappa shape index (κ3) is 3.46. The fourth-order valence-electron chi connectivity index (χ4n) is 3.34. The van der Waals surface area contributed by atoms with Gasteiger partial charge < -0.3 is 15.1 Å². The highest BCUT2D eigenvalue weighted by Crippen LogP contribution is 2.29. The molecule has 1 atom stereocenters. The highest BCUT2D eigenvalue weighted by molar-refractivity contribution is 6.24. The average molecular weight is 377 g/mol. The molecule has 2 aromatic carbocycles. The van der Waals surface area contributed by atoms with Crippen LogP contribution >= 0.6 is 0 Å². The van der Waals surface area contributed by atoms with Crippen LogP contribution in [-0.2, 0) is 16.0 Å². The number of anilines is 1. The molecule has 7 heteroatoms. The first-order valence-electron chi connectivity index (χ1n) is 9.05. The molecule has 0 bridgehead atoms. The van der Waals surface area contributed by atoms with Crippen molar-refractivity contribution in [1.82, 2.24) is 10.6 Å². The van der Waals surface area contributed by atoms with Crippen LogP contribution in [0.3, 0.4) is 0 Å². The molecule has 28 heavy (non-hydrogen) atoms. The zero-order chi connectivity index (χ0) is 19.5. The van der Waals surface area contributed by atoms with Gasteiger partial charge in [0.15, 0.2) is 0 Å². The van der Waals surface area contributed by atoms with E-state index in [4.69, 9.17) is 4.42 Å². The number of benzene rings is 2. The maximum absolute atomic E-state index is 12.8. The normalized spacial score (nSPS) is 16.4. The highest BCUT2D eigenvalue weighted by atomic mass is 16.3. The first-order valence-corrected chi connectivity index (χ1v) is 9.05. The third-order valence-electron chi connectivity index (χ3n) is 4.69. The van der Waals surface area contributed by atoms with Crippen molar-refractivity contribution in [1.29, 1.82) is 0 Å². The minimum absolute atomic E-state index is 0.107. The van der Waals surface area contributed by atoms with E-state index in [0.29, 0.717) is 18.7 Å². The summed E-state index contributed by atoms with van der Waals surface area (Å²) >= 11 is 0. The summed E-state index contributed by atoms with van der Waals surface area (Å²) in [6.07, 6.45) is 2.03. The van der Waals surface area contributed by atoms with Crippen molar-refractivity contribution in [2.24, 2.45) is 0 Å². The van der Waals surface area contributed by atoms with E-state index in [1.807, 2.05) is 36.4 Å². The molecule has 1 aliphatic rings. The summed E-state index contributed by atoms with van der Waals surface area (Å²) in [7, 11) is 0. The van der Waals surface area contributed by atoms with Crippen LogP contribution in [0.4, 0.5) is 10.5 Å². The zero-order valence-electron chi connectivity index (χ0n) is 15.1. The van der Waals surface area contributed by atoms with Crippen molar-refractivity contribution < 1.29 is 18.8 Å². The summed E-state index contributed by atoms with van der Waals surface area (Å²) in [5.41, 5.74) is 0.515. The van der Waals surface area contributed by atoms with Crippen LogP contribution in [0.1, 0.15) is 12.2 Å². The van der Waals surface area contributed by atoms with Crippen molar-refractivity contribution >= 4 is 34.3 Å². The Morgan fingerprint density at radius 1 is 1.07 bits per heavy atom. The number of hydrogen-bond acceptors (Lipinski definition) is 4. The van der Waals surface area contributed by atoms with Crippen molar-refractivity contribution in [3.8, 4) is 0 Å². The van der Waals surface area contributed by atoms with E-state index in [-0.39, 0.29) is 12.3 Å². The summed E-state index contributed by atoms with van der Waals surface area (Å²) in [6.45, 7) is 0.397. The summed E-state index contributed by atoms with van der Waals surface area (Å²) in [6, 6.07) is 15.2. The number of urea groups is 1. The Morgan fingerprint density at radius 3 is 2.71 bits per heavy atom. The van der Waals surface area contributed by atoms with Crippen LogP contribution in [0.2, 0.25) is 0 Å². The number of carbonyl (C=O) groups excluding carboxylic acids is 3. The predicted molar refractivity (Wildman–Crippen MR) is 104 cm³/mol. The second kappa shape index (κ2) is 7.56. The number of furan rings is 1. The number of nitrogens with one attached hydrogen (secondary N) is 2. The Hall–Kier alpha value is -3.61. The van der Waals surface area contributed by atoms with Gasteiger partial charge in [-0.25, -0.2) is 9.69 Å². The van der Waals surface area contributed by atoms with Crippen molar-refractivity contribution in [3.63, 3.8) is 0 Å². The molecule has 0 radical (unpaired) electrons. The van der Waals surface area contributed by atoms with Crippen molar-refractivity contribution in [3.05, 3.63) is 66.6 Å². The maximum Gasteiger partial charge on any atom is 0.329 e. The number of imide groups is 1. The van der Waals surface area contributed by atoms with Gasteiger partial charge in [-0.2, -0.15) is 0 Å². The van der Waals surface area contributed by atoms with E-state index >= 15 is 0 Å². The largest absolute Gasteiger partial charge is 0.469 e. The van der Waals surface area contributed by atoms with Gasteiger partial charge in [-0.05, 0) is 23.6 Å². The van der Waals surface area contributed by atoms with E-state index in [1.54, 1.807) is 24.5 Å². The molecule has 142 valence electrons. The molecule has 3 aromatic rings. The number of carbonyl (C=O) groups is 3. The molecule has 2 heterocycles. The van der Waals surface area contributed by atoms with Gasteiger partial charge in [0.1, 0.15) is 11.8 Å². The first-order chi connectivity index (χ1) is 13.6. The Balaban J connectivity index is 1.43. The van der Waals surface area contributed by atoms with Gasteiger partial charge in [0.25, 0.3) is 5.91 Å². The molecule has 1 saturated heterocycles. The molecular weight excluding hydrogens is 358 g/mol. The summed E-state index contributed by atoms with van der Waals surface area (Å²) in [5, 5.41) is 7.09. The maximum atomic E-state index is 12.8. The number of hydrogen-bond donors (Lipinski definition) is 2. The van der Waals surface area contributed by atoms with E-state index in [2.05, 4.69) is 10.6 Å². The molecule has 0 saturated carbocycles. The van der Waals surface area contributed by atoms with Crippen LogP contribution in [-0.4, -0.2) is 30.4 Å². The van der Waals surface area contributed by atoms with Crippen molar-refractivity contribution in [2.45, 2.75) is 18.9 Å². The Bertz CT molecular complexity index is 1020. The molecule has 1 unspecified atom stereocenters. The zero-order valence-corrected chi connectivity index (χ0v) is 15.1. The van der Waals surface area contributed by atoms with E-state index in [1.165, 1.54) is 0 Å². The van der Waals surface area contributed by atoms with Gasteiger partial charge in [0, 0.05) is 18.4 Å². The smallest absolute Gasteiger partial charge is 0.329 e. The second-order valence-electron chi connectivity index (χ2n) is 6.56. The monoisotopic (exact) mass is 377 g/mol. The van der Waals surface area contributed by atoms with Crippen LogP contribution < -0.4 is 15.5 Å². The van der Waals surface area contributed by atoms with E-state index in [9.17, 15) is 14.4 Å². The summed E-state index contributed by atoms with van der Waals surface area (Å²) in [5.74, 6) is 0.0418. The lowest BCUT2D eigenvalue weighted by Crippen LogP contribution is -2.37. The molecule has 7 nitrogen and oxygen atoms in total. The molecular formula is C21H19N3O4. The van der Waals surface area contributed by atoms with Crippen LogP contribution in [0.25, 0.3) is 10.8 Å². The summed E-state index contributed by atoms with van der Waals surface area (Å²) < 4.78 is 5.21. The topological polar surface area (TPSA) is 91.7 Å².